The number of nitriles is 1. The van der Waals surface area contributed by atoms with Gasteiger partial charge in [0.2, 0.25) is 5.78 Å². The molecule has 0 fully saturated rings. The number of benzene rings is 1. The molecule has 0 spiro atoms. The highest BCUT2D eigenvalue weighted by Crippen LogP contribution is 2.16. The third-order valence-corrected chi connectivity index (χ3v) is 2.95. The Bertz CT molecular complexity index is 719. The molecule has 0 saturated heterocycles. The third-order valence-electron chi connectivity index (χ3n) is 2.95. The molecule has 1 heterocycles. The number of nitrogens with zero attached hydrogens (tertiary/aromatic N) is 3. The predicted molar refractivity (Wildman–Crippen MR) is 79.9 cm³/mol. The number of carbonyl (C=O) groups is 1. The summed E-state index contributed by atoms with van der Waals surface area (Å²) in [5.41, 5.74) is 2.00. The summed E-state index contributed by atoms with van der Waals surface area (Å²) >= 11 is 0. The van der Waals surface area contributed by atoms with Crippen molar-refractivity contribution < 1.29 is 9.32 Å². The minimum Gasteiger partial charge on any atom is -0.378 e. The average Bonchev–Trinajstić information content (AvgIpc) is 2.91. The molecule has 0 amide bonds. The van der Waals surface area contributed by atoms with Crippen LogP contribution in [0.2, 0.25) is 0 Å². The summed E-state index contributed by atoms with van der Waals surface area (Å²) in [4.78, 5) is 14.1. The van der Waals surface area contributed by atoms with Crippen molar-refractivity contribution in [1.29, 1.82) is 5.26 Å². The molecule has 0 atom stereocenters. The topological polar surface area (TPSA) is 70.1 Å². The van der Waals surface area contributed by atoms with Gasteiger partial charge in [-0.25, -0.2) is 0 Å². The van der Waals surface area contributed by atoms with Crippen LogP contribution in [0, 0.1) is 18.3 Å². The fourth-order valence-electron chi connectivity index (χ4n) is 1.80. The second kappa shape index (κ2) is 6.06. The molecular formula is C16H15N3O2. The molecule has 21 heavy (non-hydrogen) atoms. The number of hydrogen-bond acceptors (Lipinski definition) is 5. The van der Waals surface area contributed by atoms with Crippen LogP contribution in [-0.4, -0.2) is 25.0 Å². The molecule has 106 valence electrons. The molecular weight excluding hydrogens is 266 g/mol. The first-order valence-corrected chi connectivity index (χ1v) is 6.38. The fraction of sp³-hybridized carbons (Fsp3) is 0.188. The monoisotopic (exact) mass is 281 g/mol. The van der Waals surface area contributed by atoms with Crippen molar-refractivity contribution in [2.75, 3.05) is 19.0 Å². The van der Waals surface area contributed by atoms with Crippen LogP contribution < -0.4 is 4.90 Å². The van der Waals surface area contributed by atoms with Crippen molar-refractivity contribution in [2.24, 2.45) is 0 Å². The normalized spacial score (nSPS) is 11.0. The number of ketones is 1. The van der Waals surface area contributed by atoms with E-state index in [1.54, 1.807) is 13.0 Å². The lowest BCUT2D eigenvalue weighted by molar-refractivity contribution is 0.103. The number of rotatable bonds is 4. The smallest absolute Gasteiger partial charge is 0.225 e. The van der Waals surface area contributed by atoms with Gasteiger partial charge in [-0.2, -0.15) is 5.26 Å². The Morgan fingerprint density at radius 3 is 2.48 bits per heavy atom. The maximum absolute atomic E-state index is 12.1. The van der Waals surface area contributed by atoms with E-state index in [9.17, 15) is 4.79 Å². The Hall–Kier alpha value is -2.87. The summed E-state index contributed by atoms with van der Waals surface area (Å²) in [6.07, 6.45) is 1.55. The SMILES string of the molecule is Cc1cc(C(=O)/C(C#N)=C/c2ccc(N(C)C)cc2)no1. The van der Waals surface area contributed by atoms with Gasteiger partial charge in [0.25, 0.3) is 0 Å². The summed E-state index contributed by atoms with van der Waals surface area (Å²) in [6.45, 7) is 1.69. The molecule has 0 radical (unpaired) electrons. The zero-order chi connectivity index (χ0) is 15.4. The maximum atomic E-state index is 12.1. The van der Waals surface area contributed by atoms with Crippen LogP contribution in [0.15, 0.2) is 40.4 Å². The van der Waals surface area contributed by atoms with Crippen LogP contribution >= 0.6 is 0 Å². The van der Waals surface area contributed by atoms with Gasteiger partial charge in [0, 0.05) is 25.8 Å². The second-order valence-electron chi connectivity index (χ2n) is 4.81. The number of hydrogen-bond donors (Lipinski definition) is 0. The first kappa shape index (κ1) is 14.5. The van der Waals surface area contributed by atoms with Gasteiger partial charge in [-0.3, -0.25) is 4.79 Å². The van der Waals surface area contributed by atoms with Crippen molar-refractivity contribution in [3.8, 4) is 6.07 Å². The molecule has 0 aliphatic carbocycles. The van der Waals surface area contributed by atoms with Gasteiger partial charge in [0.05, 0.1) is 0 Å². The molecule has 0 bridgehead atoms. The van der Waals surface area contributed by atoms with Crippen molar-refractivity contribution >= 4 is 17.5 Å². The highest BCUT2D eigenvalue weighted by atomic mass is 16.5. The van der Waals surface area contributed by atoms with Gasteiger partial charge in [0.15, 0.2) is 5.69 Å². The zero-order valence-corrected chi connectivity index (χ0v) is 12.1. The van der Waals surface area contributed by atoms with Gasteiger partial charge >= 0.3 is 0 Å². The van der Waals surface area contributed by atoms with Crippen molar-refractivity contribution in [1.82, 2.24) is 5.16 Å². The molecule has 0 aliphatic heterocycles. The minimum atomic E-state index is -0.439. The fourth-order valence-corrected chi connectivity index (χ4v) is 1.80. The highest BCUT2D eigenvalue weighted by molar-refractivity contribution is 6.12. The second-order valence-corrected chi connectivity index (χ2v) is 4.81. The maximum Gasteiger partial charge on any atom is 0.225 e. The quantitative estimate of drug-likeness (QED) is 0.489. The van der Waals surface area contributed by atoms with E-state index in [0.29, 0.717) is 5.76 Å². The lowest BCUT2D eigenvalue weighted by Gasteiger charge is -2.11. The van der Waals surface area contributed by atoms with Crippen LogP contribution in [-0.2, 0) is 0 Å². The van der Waals surface area contributed by atoms with Gasteiger partial charge in [-0.1, -0.05) is 17.3 Å². The summed E-state index contributed by atoms with van der Waals surface area (Å²) in [5, 5.41) is 12.8. The molecule has 1 aromatic carbocycles. The van der Waals surface area contributed by atoms with Crippen molar-refractivity contribution in [3.05, 3.63) is 52.9 Å². The van der Waals surface area contributed by atoms with Crippen LogP contribution in [0.3, 0.4) is 0 Å². The number of carbonyl (C=O) groups excluding carboxylic acids is 1. The Morgan fingerprint density at radius 1 is 1.33 bits per heavy atom. The number of aryl methyl sites for hydroxylation is 1. The van der Waals surface area contributed by atoms with E-state index >= 15 is 0 Å². The number of aromatic nitrogens is 1. The Morgan fingerprint density at radius 2 is 2.00 bits per heavy atom. The van der Waals surface area contributed by atoms with E-state index in [-0.39, 0.29) is 11.3 Å². The lowest BCUT2D eigenvalue weighted by atomic mass is 10.1. The van der Waals surface area contributed by atoms with E-state index in [1.807, 2.05) is 49.3 Å². The number of allylic oxidation sites excluding steroid dienone is 1. The lowest BCUT2D eigenvalue weighted by Crippen LogP contribution is -2.08. The van der Waals surface area contributed by atoms with Crippen LogP contribution in [0.5, 0.6) is 0 Å². The Labute approximate surface area is 123 Å². The molecule has 5 nitrogen and oxygen atoms in total. The largest absolute Gasteiger partial charge is 0.378 e. The van der Waals surface area contributed by atoms with E-state index in [2.05, 4.69) is 5.16 Å². The van der Waals surface area contributed by atoms with Gasteiger partial charge in [0.1, 0.15) is 17.4 Å². The zero-order valence-electron chi connectivity index (χ0n) is 12.1. The van der Waals surface area contributed by atoms with E-state index < -0.39 is 5.78 Å². The number of anilines is 1. The molecule has 1 aromatic heterocycles. The highest BCUT2D eigenvalue weighted by Gasteiger charge is 2.16. The Balaban J connectivity index is 2.28. The van der Waals surface area contributed by atoms with Crippen LogP contribution in [0.1, 0.15) is 21.8 Å². The molecule has 0 saturated carbocycles. The van der Waals surface area contributed by atoms with Gasteiger partial charge in [-0.05, 0) is 30.7 Å². The molecule has 0 N–H and O–H groups in total. The first-order chi connectivity index (χ1) is 10.0. The van der Waals surface area contributed by atoms with Gasteiger partial charge in [-0.15, -0.1) is 0 Å². The van der Waals surface area contributed by atoms with Crippen LogP contribution in [0.25, 0.3) is 6.08 Å². The first-order valence-electron chi connectivity index (χ1n) is 6.38. The summed E-state index contributed by atoms with van der Waals surface area (Å²) in [6, 6.07) is 11.0. The standard InChI is InChI=1S/C16H15N3O2/c1-11-8-15(18-21-11)16(20)13(10-17)9-12-4-6-14(7-5-12)19(2)3/h4-9H,1-3H3/b13-9+. The number of Topliss-reactive ketones (excluding diaryl/α,β-unsaturated/α-hetero) is 1. The van der Waals surface area contributed by atoms with E-state index in [0.717, 1.165) is 11.3 Å². The third kappa shape index (κ3) is 3.37. The van der Waals surface area contributed by atoms with Gasteiger partial charge < -0.3 is 9.42 Å². The van der Waals surface area contributed by atoms with Crippen LogP contribution in [0.4, 0.5) is 5.69 Å². The molecule has 0 aliphatic rings. The average molecular weight is 281 g/mol. The van der Waals surface area contributed by atoms with Crippen molar-refractivity contribution in [2.45, 2.75) is 6.92 Å². The summed E-state index contributed by atoms with van der Waals surface area (Å²) in [7, 11) is 3.89. The van der Waals surface area contributed by atoms with E-state index in [4.69, 9.17) is 9.78 Å². The molecule has 5 heteroatoms. The molecule has 0 unspecified atom stereocenters. The van der Waals surface area contributed by atoms with E-state index in [1.165, 1.54) is 6.07 Å². The molecule has 2 aromatic rings. The summed E-state index contributed by atoms with van der Waals surface area (Å²) < 4.78 is 4.86. The predicted octanol–water partition coefficient (Wildman–Crippen LogP) is 2.84. The Kier molecular flexibility index (Phi) is 4.19. The van der Waals surface area contributed by atoms with Crippen molar-refractivity contribution in [3.63, 3.8) is 0 Å². The molecule has 2 rings (SSSR count). The summed E-state index contributed by atoms with van der Waals surface area (Å²) in [5.74, 6) is 0.0945. The minimum absolute atomic E-state index is 0.0286.